The van der Waals surface area contributed by atoms with Crippen LogP contribution in [0.2, 0.25) is 0 Å². The maximum Gasteiger partial charge on any atom is 0.420 e. The van der Waals surface area contributed by atoms with E-state index in [0.717, 1.165) is 6.07 Å². The molecule has 12 heteroatoms. The van der Waals surface area contributed by atoms with Gasteiger partial charge in [-0.15, -0.1) is 0 Å². The molecule has 2 amide bonds. The molecule has 2 aromatic heterocycles. The number of H-pyrrole nitrogens is 1. The van der Waals surface area contributed by atoms with Crippen molar-refractivity contribution in [3.05, 3.63) is 64.2 Å². The Morgan fingerprint density at radius 3 is 2.54 bits per heavy atom. The molecule has 0 saturated carbocycles. The fraction of sp³-hybridized carbons (Fsp3) is 0.320. The van der Waals surface area contributed by atoms with Gasteiger partial charge in [0, 0.05) is 29.2 Å². The van der Waals surface area contributed by atoms with E-state index in [4.69, 9.17) is 14.2 Å². The van der Waals surface area contributed by atoms with Gasteiger partial charge in [-0.3, -0.25) is 10.1 Å². The second-order valence-corrected chi connectivity index (χ2v) is 8.74. The van der Waals surface area contributed by atoms with Crippen molar-refractivity contribution in [2.24, 2.45) is 0 Å². The van der Waals surface area contributed by atoms with Crippen molar-refractivity contribution >= 4 is 17.5 Å². The van der Waals surface area contributed by atoms with Crippen LogP contribution in [0.4, 0.5) is 29.5 Å². The lowest BCUT2D eigenvalue weighted by molar-refractivity contribution is -0.160. The van der Waals surface area contributed by atoms with E-state index in [2.05, 4.69) is 20.6 Å². The second kappa shape index (κ2) is 10.1. The number of aryl methyl sites for hydroxylation is 1. The standard InChI is InChI=1S/C25H25F3N4O5/c1-4-36-20-8-16(11-30-22(20)33)15-7-14(2)21(29-10-15)32-23(34)31-17-5-6-19(18(9-17)25(26,27)28)37-24(3)12-35-13-24/h5-11H,4,12-13H2,1-3H3,(H,30,33)(H2,29,31,32,34). The van der Waals surface area contributed by atoms with Crippen LogP contribution in [0.25, 0.3) is 11.1 Å². The fourth-order valence-electron chi connectivity index (χ4n) is 3.66. The lowest BCUT2D eigenvalue weighted by Gasteiger charge is -2.38. The molecule has 0 spiro atoms. The Kier molecular flexibility index (Phi) is 7.12. The molecule has 1 saturated heterocycles. The van der Waals surface area contributed by atoms with E-state index < -0.39 is 23.4 Å². The topological polar surface area (TPSA) is 115 Å². The number of carbonyl (C=O) groups is 1. The minimum Gasteiger partial charge on any atom is -0.488 e. The Balaban J connectivity index is 1.48. The molecule has 3 heterocycles. The van der Waals surface area contributed by atoms with Gasteiger partial charge in [0.2, 0.25) is 0 Å². The summed E-state index contributed by atoms with van der Waals surface area (Å²) in [4.78, 5) is 31.2. The molecular weight excluding hydrogens is 493 g/mol. The van der Waals surface area contributed by atoms with Crippen LogP contribution in [-0.2, 0) is 10.9 Å². The lowest BCUT2D eigenvalue weighted by atomic mass is 10.0. The number of urea groups is 1. The molecule has 0 unspecified atom stereocenters. The third-order valence-corrected chi connectivity index (χ3v) is 5.53. The number of hydrogen-bond acceptors (Lipinski definition) is 6. The molecular formula is C25H25F3N4O5. The molecule has 0 bridgehead atoms. The van der Waals surface area contributed by atoms with Crippen LogP contribution < -0.4 is 25.7 Å². The summed E-state index contributed by atoms with van der Waals surface area (Å²) >= 11 is 0. The van der Waals surface area contributed by atoms with Gasteiger partial charge in [0.15, 0.2) is 11.4 Å². The van der Waals surface area contributed by atoms with Crippen molar-refractivity contribution in [3.8, 4) is 22.6 Å². The van der Waals surface area contributed by atoms with Crippen molar-refractivity contribution in [2.75, 3.05) is 30.5 Å². The van der Waals surface area contributed by atoms with Crippen molar-refractivity contribution in [2.45, 2.75) is 32.5 Å². The normalized spacial score (nSPS) is 14.4. The average molecular weight is 518 g/mol. The molecule has 9 nitrogen and oxygen atoms in total. The van der Waals surface area contributed by atoms with Crippen molar-refractivity contribution in [1.29, 1.82) is 0 Å². The summed E-state index contributed by atoms with van der Waals surface area (Å²) in [6.45, 7) is 5.84. The number of rotatable bonds is 7. The first-order valence-corrected chi connectivity index (χ1v) is 11.4. The number of pyridine rings is 2. The van der Waals surface area contributed by atoms with Gasteiger partial charge < -0.3 is 24.5 Å². The SMILES string of the molecule is CCOc1cc(-c2cnc(NC(=O)Nc3ccc(OC4(C)COC4)c(C(F)(F)F)c3)c(C)c2)c[nH]c1=O. The maximum atomic E-state index is 13.7. The van der Waals surface area contributed by atoms with E-state index in [1.54, 1.807) is 32.9 Å². The van der Waals surface area contributed by atoms with Crippen LogP contribution in [0.3, 0.4) is 0 Å². The number of ether oxygens (including phenoxy) is 3. The van der Waals surface area contributed by atoms with Crippen LogP contribution in [0.1, 0.15) is 25.0 Å². The minimum absolute atomic E-state index is 0.0712. The van der Waals surface area contributed by atoms with Gasteiger partial charge >= 0.3 is 12.2 Å². The monoisotopic (exact) mass is 518 g/mol. The van der Waals surface area contributed by atoms with Gasteiger partial charge in [-0.1, -0.05) is 0 Å². The molecule has 1 fully saturated rings. The van der Waals surface area contributed by atoms with Gasteiger partial charge in [0.25, 0.3) is 5.56 Å². The largest absolute Gasteiger partial charge is 0.488 e. The third kappa shape index (κ3) is 6.02. The first-order chi connectivity index (χ1) is 17.5. The Hall–Kier alpha value is -4.06. The number of amides is 2. The minimum atomic E-state index is -4.69. The highest BCUT2D eigenvalue weighted by atomic mass is 19.4. The molecule has 0 radical (unpaired) electrons. The predicted octanol–water partition coefficient (Wildman–Crippen LogP) is 4.97. The number of carbonyl (C=O) groups excluding carboxylic acids is 1. The van der Waals surface area contributed by atoms with E-state index in [1.807, 2.05) is 0 Å². The van der Waals surface area contributed by atoms with Gasteiger partial charge in [-0.05, 0) is 56.7 Å². The molecule has 0 atom stereocenters. The molecule has 3 N–H and O–H groups in total. The molecule has 196 valence electrons. The average Bonchev–Trinajstić information content (AvgIpc) is 2.81. The van der Waals surface area contributed by atoms with E-state index in [9.17, 15) is 22.8 Å². The summed E-state index contributed by atoms with van der Waals surface area (Å²) in [5.74, 6) is 0.0423. The number of benzene rings is 1. The zero-order chi connectivity index (χ0) is 26.8. The summed E-state index contributed by atoms with van der Waals surface area (Å²) in [7, 11) is 0. The highest BCUT2D eigenvalue weighted by molar-refractivity contribution is 5.99. The lowest BCUT2D eigenvalue weighted by Crippen LogP contribution is -2.51. The first-order valence-electron chi connectivity index (χ1n) is 11.4. The smallest absolute Gasteiger partial charge is 0.420 e. The summed E-state index contributed by atoms with van der Waals surface area (Å²) in [5, 5.41) is 4.93. The number of alkyl halides is 3. The zero-order valence-corrected chi connectivity index (χ0v) is 20.3. The van der Waals surface area contributed by atoms with Crippen molar-refractivity contribution in [3.63, 3.8) is 0 Å². The number of hydrogen-bond donors (Lipinski definition) is 3. The fourth-order valence-corrected chi connectivity index (χ4v) is 3.66. The molecule has 1 aliphatic rings. The molecule has 4 rings (SSSR count). The van der Waals surface area contributed by atoms with Crippen molar-refractivity contribution < 1.29 is 32.2 Å². The summed E-state index contributed by atoms with van der Waals surface area (Å²) in [6, 6.07) is 5.86. The van der Waals surface area contributed by atoms with Gasteiger partial charge in [-0.25, -0.2) is 9.78 Å². The van der Waals surface area contributed by atoms with Crippen LogP contribution in [0.15, 0.2) is 47.5 Å². The number of nitrogens with zero attached hydrogens (tertiary/aromatic N) is 1. The van der Waals surface area contributed by atoms with Crippen LogP contribution in [0.5, 0.6) is 11.5 Å². The van der Waals surface area contributed by atoms with E-state index >= 15 is 0 Å². The molecule has 37 heavy (non-hydrogen) atoms. The Morgan fingerprint density at radius 2 is 1.92 bits per heavy atom. The maximum absolute atomic E-state index is 13.7. The van der Waals surface area contributed by atoms with Crippen LogP contribution in [-0.4, -0.2) is 41.4 Å². The summed E-state index contributed by atoms with van der Waals surface area (Å²) in [5.41, 5.74) is -0.364. The zero-order valence-electron chi connectivity index (χ0n) is 20.3. The molecule has 0 aliphatic carbocycles. The molecule has 1 aromatic carbocycles. The van der Waals surface area contributed by atoms with E-state index in [-0.39, 0.29) is 41.8 Å². The summed E-state index contributed by atoms with van der Waals surface area (Å²) in [6.07, 6.45) is -1.68. The van der Waals surface area contributed by atoms with Gasteiger partial charge in [-0.2, -0.15) is 13.2 Å². The Labute approximate surface area is 210 Å². The number of anilines is 2. The molecule has 1 aliphatic heterocycles. The highest BCUT2D eigenvalue weighted by Crippen LogP contribution is 2.40. The molecule has 3 aromatic rings. The quantitative estimate of drug-likeness (QED) is 0.407. The van der Waals surface area contributed by atoms with Crippen LogP contribution in [0, 0.1) is 6.92 Å². The van der Waals surface area contributed by atoms with Crippen LogP contribution >= 0.6 is 0 Å². The van der Waals surface area contributed by atoms with Gasteiger partial charge in [0.05, 0.1) is 25.4 Å². The number of aromatic nitrogens is 2. The Bertz CT molecular complexity index is 1370. The van der Waals surface area contributed by atoms with Gasteiger partial charge in [0.1, 0.15) is 11.6 Å². The number of nitrogens with one attached hydrogen (secondary N) is 3. The number of halogens is 3. The Morgan fingerprint density at radius 1 is 1.16 bits per heavy atom. The summed E-state index contributed by atoms with van der Waals surface area (Å²) < 4.78 is 56.8. The second-order valence-electron chi connectivity index (χ2n) is 8.74. The van der Waals surface area contributed by atoms with E-state index in [0.29, 0.717) is 23.3 Å². The third-order valence-electron chi connectivity index (χ3n) is 5.53. The highest BCUT2D eigenvalue weighted by Gasteiger charge is 2.40. The van der Waals surface area contributed by atoms with Crippen molar-refractivity contribution in [1.82, 2.24) is 9.97 Å². The van der Waals surface area contributed by atoms with E-state index in [1.165, 1.54) is 24.5 Å². The number of aromatic amines is 1. The predicted molar refractivity (Wildman–Crippen MR) is 130 cm³/mol. The first kappa shape index (κ1) is 26.0.